The molecular formula is C16H30N4. The fourth-order valence-electron chi connectivity index (χ4n) is 4.00. The molecule has 4 heteroatoms. The first-order chi connectivity index (χ1) is 9.53. The minimum absolute atomic E-state index is 0.448. The van der Waals surface area contributed by atoms with Crippen molar-refractivity contribution in [1.82, 2.24) is 20.0 Å². The summed E-state index contributed by atoms with van der Waals surface area (Å²) < 4.78 is 1.88. The van der Waals surface area contributed by atoms with E-state index in [9.17, 15) is 0 Å². The van der Waals surface area contributed by atoms with Crippen molar-refractivity contribution in [2.45, 2.75) is 39.2 Å². The van der Waals surface area contributed by atoms with Crippen LogP contribution in [0.3, 0.4) is 0 Å². The minimum atomic E-state index is 0.448. The van der Waals surface area contributed by atoms with E-state index in [1.54, 1.807) is 0 Å². The molecule has 0 amide bonds. The first-order valence-corrected chi connectivity index (χ1v) is 7.84. The molecule has 114 valence electrons. The number of nitrogens with one attached hydrogen (secondary N) is 1. The Morgan fingerprint density at radius 1 is 1.55 bits per heavy atom. The summed E-state index contributed by atoms with van der Waals surface area (Å²) in [7, 11) is 6.31. The van der Waals surface area contributed by atoms with E-state index in [1.165, 1.54) is 37.8 Å². The second kappa shape index (κ2) is 6.72. The lowest BCUT2D eigenvalue weighted by Crippen LogP contribution is -2.44. The van der Waals surface area contributed by atoms with Crippen LogP contribution in [0.4, 0.5) is 0 Å². The van der Waals surface area contributed by atoms with Crippen molar-refractivity contribution in [3.63, 3.8) is 0 Å². The summed E-state index contributed by atoms with van der Waals surface area (Å²) >= 11 is 0. The summed E-state index contributed by atoms with van der Waals surface area (Å²) in [4.78, 5) is 2.46. The maximum Gasteiger partial charge on any atom is 0.0534 e. The fraction of sp³-hybridized carbons (Fsp3) is 0.812. The van der Waals surface area contributed by atoms with Crippen molar-refractivity contribution in [2.75, 3.05) is 27.2 Å². The molecule has 1 aromatic heterocycles. The van der Waals surface area contributed by atoms with Crippen LogP contribution in [-0.4, -0.2) is 41.9 Å². The molecule has 0 spiro atoms. The van der Waals surface area contributed by atoms with Gasteiger partial charge in [0.15, 0.2) is 0 Å². The Hall–Kier alpha value is -0.870. The molecule has 0 saturated heterocycles. The second-order valence-electron chi connectivity index (χ2n) is 6.93. The van der Waals surface area contributed by atoms with E-state index in [0.29, 0.717) is 5.41 Å². The Balaban J connectivity index is 1.96. The number of aromatic nitrogens is 2. The molecule has 20 heavy (non-hydrogen) atoms. The molecule has 1 heterocycles. The normalized spacial score (nSPS) is 27.1. The van der Waals surface area contributed by atoms with Crippen molar-refractivity contribution in [1.29, 1.82) is 0 Å². The quantitative estimate of drug-likeness (QED) is 0.866. The van der Waals surface area contributed by atoms with E-state index in [-0.39, 0.29) is 0 Å². The van der Waals surface area contributed by atoms with Crippen LogP contribution in [-0.2, 0) is 13.6 Å². The van der Waals surface area contributed by atoms with Gasteiger partial charge >= 0.3 is 0 Å². The highest BCUT2D eigenvalue weighted by Gasteiger charge is 2.35. The van der Waals surface area contributed by atoms with E-state index in [4.69, 9.17) is 0 Å². The van der Waals surface area contributed by atoms with Gasteiger partial charge in [-0.3, -0.25) is 4.68 Å². The molecule has 0 bridgehead atoms. The Labute approximate surface area is 123 Å². The highest BCUT2D eigenvalue weighted by molar-refractivity contribution is 5.03. The molecule has 4 nitrogen and oxygen atoms in total. The van der Waals surface area contributed by atoms with Crippen molar-refractivity contribution in [3.8, 4) is 0 Å². The maximum atomic E-state index is 4.26. The predicted molar refractivity (Wildman–Crippen MR) is 83.5 cm³/mol. The molecular weight excluding hydrogens is 248 g/mol. The van der Waals surface area contributed by atoms with Crippen molar-refractivity contribution >= 4 is 0 Å². The lowest BCUT2D eigenvalue weighted by molar-refractivity contribution is 0.0910. The van der Waals surface area contributed by atoms with Crippen LogP contribution < -0.4 is 5.32 Å². The minimum Gasteiger partial charge on any atom is -0.319 e. The van der Waals surface area contributed by atoms with Gasteiger partial charge in [-0.25, -0.2) is 0 Å². The summed E-state index contributed by atoms with van der Waals surface area (Å²) in [6.07, 6.45) is 9.58. The van der Waals surface area contributed by atoms with E-state index < -0.39 is 0 Å². The van der Waals surface area contributed by atoms with Crippen molar-refractivity contribution in [3.05, 3.63) is 18.0 Å². The van der Waals surface area contributed by atoms with Gasteiger partial charge in [-0.1, -0.05) is 19.8 Å². The third-order valence-electron chi connectivity index (χ3n) is 4.55. The van der Waals surface area contributed by atoms with Gasteiger partial charge in [0.2, 0.25) is 0 Å². The summed E-state index contributed by atoms with van der Waals surface area (Å²) in [6, 6.07) is 0. The predicted octanol–water partition coefficient (Wildman–Crippen LogP) is 2.27. The molecule has 0 aromatic carbocycles. The van der Waals surface area contributed by atoms with Crippen LogP contribution in [0.25, 0.3) is 0 Å². The molecule has 0 radical (unpaired) electrons. The highest BCUT2D eigenvalue weighted by Crippen LogP contribution is 2.39. The van der Waals surface area contributed by atoms with Gasteiger partial charge in [0.1, 0.15) is 0 Å². The molecule has 2 atom stereocenters. The van der Waals surface area contributed by atoms with Crippen LogP contribution in [0.2, 0.25) is 0 Å². The number of hydrogen-bond acceptors (Lipinski definition) is 3. The number of rotatable bonds is 6. The Morgan fingerprint density at radius 2 is 2.35 bits per heavy atom. The maximum absolute atomic E-state index is 4.26. The van der Waals surface area contributed by atoms with Crippen molar-refractivity contribution in [2.24, 2.45) is 18.4 Å². The van der Waals surface area contributed by atoms with Gasteiger partial charge in [0.25, 0.3) is 0 Å². The van der Waals surface area contributed by atoms with Gasteiger partial charge in [-0.2, -0.15) is 5.10 Å². The van der Waals surface area contributed by atoms with Gasteiger partial charge in [-0.05, 0) is 38.3 Å². The zero-order valence-electron chi connectivity index (χ0n) is 13.5. The van der Waals surface area contributed by atoms with E-state index in [0.717, 1.165) is 19.0 Å². The average molecular weight is 278 g/mol. The third-order valence-corrected chi connectivity index (χ3v) is 4.55. The van der Waals surface area contributed by atoms with Gasteiger partial charge < -0.3 is 10.2 Å². The Morgan fingerprint density at radius 3 is 2.95 bits per heavy atom. The second-order valence-corrected chi connectivity index (χ2v) is 6.93. The van der Waals surface area contributed by atoms with Gasteiger partial charge in [-0.15, -0.1) is 0 Å². The molecule has 1 fully saturated rings. The van der Waals surface area contributed by atoms with Crippen LogP contribution in [0.15, 0.2) is 12.4 Å². The summed E-state index contributed by atoms with van der Waals surface area (Å²) in [5.74, 6) is 0.865. The molecule has 2 unspecified atom stereocenters. The van der Waals surface area contributed by atoms with Crippen LogP contribution in [0.5, 0.6) is 0 Å². The van der Waals surface area contributed by atoms with E-state index in [1.807, 2.05) is 17.9 Å². The Bertz CT molecular complexity index is 410. The lowest BCUT2D eigenvalue weighted by atomic mass is 9.69. The molecule has 1 N–H and O–H groups in total. The van der Waals surface area contributed by atoms with E-state index >= 15 is 0 Å². The molecule has 1 saturated carbocycles. The zero-order chi connectivity index (χ0) is 14.6. The fourth-order valence-corrected chi connectivity index (χ4v) is 4.00. The number of nitrogens with zero attached hydrogens (tertiary/aromatic N) is 3. The summed E-state index contributed by atoms with van der Waals surface area (Å²) in [6.45, 7) is 5.71. The summed E-state index contributed by atoms with van der Waals surface area (Å²) in [5.41, 5.74) is 1.75. The number of aryl methyl sites for hydroxylation is 1. The highest BCUT2D eigenvalue weighted by atomic mass is 15.2. The molecule has 0 aliphatic heterocycles. The first kappa shape index (κ1) is 15.5. The molecule has 1 aliphatic rings. The molecule has 2 rings (SSSR count). The third kappa shape index (κ3) is 4.06. The summed E-state index contributed by atoms with van der Waals surface area (Å²) in [5, 5.41) is 7.69. The van der Waals surface area contributed by atoms with Crippen LogP contribution in [0.1, 0.15) is 38.2 Å². The monoisotopic (exact) mass is 278 g/mol. The van der Waals surface area contributed by atoms with Crippen molar-refractivity contribution < 1.29 is 0 Å². The van der Waals surface area contributed by atoms with Gasteiger partial charge in [0.05, 0.1) is 6.20 Å². The van der Waals surface area contributed by atoms with Gasteiger partial charge in [0, 0.05) is 38.4 Å². The number of hydrogen-bond donors (Lipinski definition) is 1. The molecule has 1 aromatic rings. The standard InChI is InChI=1S/C16H30N4/c1-14-6-5-7-16(8-14,12-17-2)13-19(3)10-15-9-18-20(4)11-15/h9,11,14,17H,5-8,10,12-13H2,1-4H3. The SMILES string of the molecule is CNCC1(CN(C)Cc2cnn(C)c2)CCCC(C)C1. The average Bonchev–Trinajstić information content (AvgIpc) is 2.74. The lowest BCUT2D eigenvalue weighted by Gasteiger charge is -2.42. The largest absolute Gasteiger partial charge is 0.319 e. The van der Waals surface area contributed by atoms with Crippen LogP contribution >= 0.6 is 0 Å². The van der Waals surface area contributed by atoms with Crippen LogP contribution in [0, 0.1) is 11.3 Å². The zero-order valence-corrected chi connectivity index (χ0v) is 13.5. The smallest absolute Gasteiger partial charge is 0.0534 e. The Kier molecular flexibility index (Phi) is 5.22. The van der Waals surface area contributed by atoms with E-state index in [2.05, 4.69) is 42.5 Å². The molecule has 1 aliphatic carbocycles. The topological polar surface area (TPSA) is 33.1 Å². The first-order valence-electron chi connectivity index (χ1n) is 7.84.